The van der Waals surface area contributed by atoms with E-state index in [0.29, 0.717) is 11.4 Å². The fraction of sp³-hybridized carbons (Fsp3) is 0.533. The lowest BCUT2D eigenvalue weighted by Crippen LogP contribution is -2.48. The molecule has 0 saturated carbocycles. The van der Waals surface area contributed by atoms with Gasteiger partial charge < -0.3 is 21.1 Å². The van der Waals surface area contributed by atoms with E-state index >= 15 is 0 Å². The second-order valence-electron chi connectivity index (χ2n) is 5.46. The summed E-state index contributed by atoms with van der Waals surface area (Å²) in [5.41, 5.74) is 13.1. The van der Waals surface area contributed by atoms with Gasteiger partial charge in [-0.2, -0.15) is 0 Å². The summed E-state index contributed by atoms with van der Waals surface area (Å²) in [7, 11) is 0. The van der Waals surface area contributed by atoms with Crippen LogP contribution in [0.15, 0.2) is 18.2 Å². The average molecular weight is 277 g/mol. The Morgan fingerprint density at radius 1 is 1.40 bits per heavy atom. The smallest absolute Gasteiger partial charge is 0.240 e. The van der Waals surface area contributed by atoms with Crippen LogP contribution in [0.4, 0.5) is 11.4 Å². The predicted octanol–water partition coefficient (Wildman–Crippen LogP) is 1.90. The van der Waals surface area contributed by atoms with E-state index in [1.165, 1.54) is 0 Å². The van der Waals surface area contributed by atoms with Gasteiger partial charge in [-0.25, -0.2) is 0 Å². The first kappa shape index (κ1) is 14.5. The number of nitrogen functional groups attached to an aromatic ring is 1. The highest BCUT2D eigenvalue weighted by molar-refractivity contribution is 5.86. The number of para-hydroxylation sites is 1. The summed E-state index contributed by atoms with van der Waals surface area (Å²) in [6, 6.07) is 5.39. The number of carbonyl (C=O) groups excluding carboxylic acids is 1. The van der Waals surface area contributed by atoms with Gasteiger partial charge in [-0.05, 0) is 45.2 Å². The molecule has 5 heteroatoms. The minimum atomic E-state index is -0.292. The molecule has 5 nitrogen and oxygen atoms in total. The monoisotopic (exact) mass is 277 g/mol. The van der Waals surface area contributed by atoms with Crippen molar-refractivity contribution in [2.45, 2.75) is 45.3 Å². The van der Waals surface area contributed by atoms with Gasteiger partial charge in [-0.15, -0.1) is 0 Å². The molecule has 1 aliphatic rings. The van der Waals surface area contributed by atoms with Crippen molar-refractivity contribution in [1.82, 2.24) is 0 Å². The summed E-state index contributed by atoms with van der Waals surface area (Å²) in [5, 5.41) is 0. The van der Waals surface area contributed by atoms with Gasteiger partial charge in [0, 0.05) is 6.54 Å². The molecule has 0 aromatic heterocycles. The minimum Gasteiger partial charge on any atom is -0.489 e. The van der Waals surface area contributed by atoms with Crippen molar-refractivity contribution in [2.75, 3.05) is 17.2 Å². The van der Waals surface area contributed by atoms with E-state index in [1.807, 2.05) is 36.9 Å². The molecular weight excluding hydrogens is 254 g/mol. The molecule has 1 aliphatic heterocycles. The average Bonchev–Trinajstić information content (AvgIpc) is 2.40. The third-order valence-electron chi connectivity index (χ3n) is 3.55. The molecule has 1 atom stereocenters. The first-order chi connectivity index (χ1) is 9.50. The Bertz CT molecular complexity index is 488. The highest BCUT2D eigenvalue weighted by atomic mass is 16.5. The van der Waals surface area contributed by atoms with Crippen molar-refractivity contribution in [2.24, 2.45) is 5.73 Å². The first-order valence-electron chi connectivity index (χ1n) is 7.11. The molecule has 20 heavy (non-hydrogen) atoms. The molecular formula is C15H23N3O2. The molecule has 1 saturated heterocycles. The van der Waals surface area contributed by atoms with Gasteiger partial charge in [0.05, 0.1) is 17.5 Å². The Kier molecular flexibility index (Phi) is 4.37. The molecule has 0 radical (unpaired) electrons. The van der Waals surface area contributed by atoms with Gasteiger partial charge >= 0.3 is 0 Å². The van der Waals surface area contributed by atoms with Crippen LogP contribution in [-0.2, 0) is 4.79 Å². The molecule has 1 aromatic rings. The van der Waals surface area contributed by atoms with Crippen LogP contribution in [-0.4, -0.2) is 24.6 Å². The van der Waals surface area contributed by atoms with Crippen molar-refractivity contribution in [3.05, 3.63) is 18.2 Å². The molecule has 110 valence electrons. The first-order valence-corrected chi connectivity index (χ1v) is 7.11. The van der Waals surface area contributed by atoms with Crippen molar-refractivity contribution < 1.29 is 9.53 Å². The molecule has 1 fully saturated rings. The van der Waals surface area contributed by atoms with Gasteiger partial charge in [0.1, 0.15) is 11.8 Å². The van der Waals surface area contributed by atoms with Gasteiger partial charge in [0.25, 0.3) is 0 Å². The Morgan fingerprint density at radius 3 is 2.80 bits per heavy atom. The summed E-state index contributed by atoms with van der Waals surface area (Å²) in [6.07, 6.45) is 2.90. The Morgan fingerprint density at radius 2 is 2.15 bits per heavy atom. The number of hydrogen-bond acceptors (Lipinski definition) is 4. The van der Waals surface area contributed by atoms with Crippen LogP contribution in [0, 0.1) is 0 Å². The fourth-order valence-electron chi connectivity index (χ4n) is 2.66. The van der Waals surface area contributed by atoms with E-state index < -0.39 is 0 Å². The Labute approximate surface area is 119 Å². The van der Waals surface area contributed by atoms with Crippen LogP contribution in [0.25, 0.3) is 0 Å². The summed E-state index contributed by atoms with van der Waals surface area (Å²) in [6.45, 7) is 4.71. The van der Waals surface area contributed by atoms with Crippen LogP contribution in [0.2, 0.25) is 0 Å². The number of primary amides is 1. The van der Waals surface area contributed by atoms with Crippen molar-refractivity contribution >= 4 is 17.3 Å². The van der Waals surface area contributed by atoms with Crippen LogP contribution < -0.4 is 21.1 Å². The standard InChI is InChI=1S/C15H23N3O2/c1-10(2)20-13-8-5-7-11(14(13)16)18-9-4-3-6-12(18)15(17)19/h5,7-8,10,12H,3-4,6,9,16H2,1-2H3,(H2,17,19). The van der Waals surface area contributed by atoms with Gasteiger partial charge in [0.15, 0.2) is 0 Å². The van der Waals surface area contributed by atoms with Gasteiger partial charge in [-0.1, -0.05) is 6.07 Å². The predicted molar refractivity (Wildman–Crippen MR) is 80.8 cm³/mol. The van der Waals surface area contributed by atoms with Crippen LogP contribution in [0.5, 0.6) is 5.75 Å². The van der Waals surface area contributed by atoms with E-state index in [9.17, 15) is 4.79 Å². The zero-order valence-corrected chi connectivity index (χ0v) is 12.1. The molecule has 1 aromatic carbocycles. The second-order valence-corrected chi connectivity index (χ2v) is 5.46. The molecule has 1 amide bonds. The zero-order valence-electron chi connectivity index (χ0n) is 12.1. The van der Waals surface area contributed by atoms with Crippen molar-refractivity contribution in [1.29, 1.82) is 0 Å². The minimum absolute atomic E-state index is 0.0563. The van der Waals surface area contributed by atoms with Crippen LogP contribution >= 0.6 is 0 Å². The second kappa shape index (κ2) is 6.03. The topological polar surface area (TPSA) is 81.6 Å². The molecule has 0 aliphatic carbocycles. The summed E-state index contributed by atoms with van der Waals surface area (Å²) >= 11 is 0. The molecule has 0 bridgehead atoms. The molecule has 4 N–H and O–H groups in total. The zero-order chi connectivity index (χ0) is 14.7. The number of benzene rings is 1. The van der Waals surface area contributed by atoms with Crippen molar-refractivity contribution in [3.8, 4) is 5.75 Å². The number of rotatable bonds is 4. The van der Waals surface area contributed by atoms with Gasteiger partial charge in [-0.3, -0.25) is 4.79 Å². The van der Waals surface area contributed by atoms with E-state index in [0.717, 1.165) is 31.5 Å². The number of piperidine rings is 1. The third-order valence-corrected chi connectivity index (χ3v) is 3.55. The van der Waals surface area contributed by atoms with Crippen LogP contribution in [0.1, 0.15) is 33.1 Å². The number of carbonyl (C=O) groups is 1. The van der Waals surface area contributed by atoms with E-state index in [-0.39, 0.29) is 18.1 Å². The SMILES string of the molecule is CC(C)Oc1cccc(N2CCCCC2C(N)=O)c1N. The maximum absolute atomic E-state index is 11.6. The number of ether oxygens (including phenoxy) is 1. The number of anilines is 2. The van der Waals surface area contributed by atoms with E-state index in [1.54, 1.807) is 0 Å². The van der Waals surface area contributed by atoms with Crippen LogP contribution in [0.3, 0.4) is 0 Å². The maximum atomic E-state index is 11.6. The Hall–Kier alpha value is -1.91. The third kappa shape index (κ3) is 2.98. The number of amides is 1. The summed E-state index contributed by atoms with van der Waals surface area (Å²) in [4.78, 5) is 13.6. The normalized spacial score (nSPS) is 19.1. The lowest BCUT2D eigenvalue weighted by molar-refractivity contribution is -0.119. The highest BCUT2D eigenvalue weighted by Gasteiger charge is 2.28. The molecule has 2 rings (SSSR count). The number of hydrogen-bond donors (Lipinski definition) is 2. The maximum Gasteiger partial charge on any atom is 0.240 e. The molecule has 0 spiro atoms. The number of nitrogens with zero attached hydrogens (tertiary/aromatic N) is 1. The largest absolute Gasteiger partial charge is 0.489 e. The van der Waals surface area contributed by atoms with Crippen molar-refractivity contribution in [3.63, 3.8) is 0 Å². The quantitative estimate of drug-likeness (QED) is 0.824. The van der Waals surface area contributed by atoms with E-state index in [4.69, 9.17) is 16.2 Å². The number of nitrogens with two attached hydrogens (primary N) is 2. The lowest BCUT2D eigenvalue weighted by Gasteiger charge is -2.36. The fourth-order valence-corrected chi connectivity index (χ4v) is 2.66. The molecule has 1 heterocycles. The summed E-state index contributed by atoms with van der Waals surface area (Å²) in [5.74, 6) is 0.366. The van der Waals surface area contributed by atoms with Gasteiger partial charge in [0.2, 0.25) is 5.91 Å². The highest BCUT2D eigenvalue weighted by Crippen LogP contribution is 2.36. The molecule has 1 unspecified atom stereocenters. The Balaban J connectivity index is 2.33. The van der Waals surface area contributed by atoms with E-state index in [2.05, 4.69) is 0 Å². The lowest BCUT2D eigenvalue weighted by atomic mass is 10.00. The summed E-state index contributed by atoms with van der Waals surface area (Å²) < 4.78 is 5.70.